The van der Waals surface area contributed by atoms with Crippen molar-refractivity contribution in [1.29, 1.82) is 0 Å². The number of nitrogens with one attached hydrogen (secondary N) is 3. The SMILES string of the molecule is CC(C)CN(C1CCNCC1)C1CCN(C(=O)C(Cc2ccccc2)NC(=O)CC2NCCc3ccccc32)C1. The van der Waals surface area contributed by atoms with E-state index >= 15 is 0 Å². The summed E-state index contributed by atoms with van der Waals surface area (Å²) in [6, 6.07) is 18.8. The molecular formula is C33H47N5O2. The molecule has 3 aliphatic rings. The molecule has 2 saturated heterocycles. The van der Waals surface area contributed by atoms with Crippen LogP contribution in [-0.4, -0.2) is 79.0 Å². The summed E-state index contributed by atoms with van der Waals surface area (Å²) in [4.78, 5) is 32.1. The Labute approximate surface area is 240 Å². The Morgan fingerprint density at radius 3 is 2.50 bits per heavy atom. The van der Waals surface area contributed by atoms with Crippen LogP contribution in [0.2, 0.25) is 0 Å². The van der Waals surface area contributed by atoms with Gasteiger partial charge in [-0.3, -0.25) is 14.5 Å². The van der Waals surface area contributed by atoms with Crippen molar-refractivity contribution in [2.24, 2.45) is 5.92 Å². The van der Waals surface area contributed by atoms with Crippen LogP contribution < -0.4 is 16.0 Å². The van der Waals surface area contributed by atoms with Crippen molar-refractivity contribution in [1.82, 2.24) is 25.8 Å². The summed E-state index contributed by atoms with van der Waals surface area (Å²) in [5.41, 5.74) is 3.56. The third kappa shape index (κ3) is 7.31. The quantitative estimate of drug-likeness (QED) is 0.427. The minimum absolute atomic E-state index is 0.0248. The number of piperidine rings is 1. The number of nitrogens with zero attached hydrogens (tertiary/aromatic N) is 2. The number of likely N-dealkylation sites (tertiary alicyclic amines) is 1. The molecule has 0 aliphatic carbocycles. The Bertz CT molecular complexity index is 1120. The second kappa shape index (κ2) is 13.7. The van der Waals surface area contributed by atoms with E-state index in [1.807, 2.05) is 41.3 Å². The molecule has 0 radical (unpaired) electrons. The van der Waals surface area contributed by atoms with E-state index in [0.717, 1.165) is 57.7 Å². The largest absolute Gasteiger partial charge is 0.344 e. The maximum Gasteiger partial charge on any atom is 0.245 e. The first kappa shape index (κ1) is 28.8. The summed E-state index contributed by atoms with van der Waals surface area (Å²) in [5, 5.41) is 10.2. The smallest absolute Gasteiger partial charge is 0.245 e. The van der Waals surface area contributed by atoms with Crippen molar-refractivity contribution in [3.8, 4) is 0 Å². The van der Waals surface area contributed by atoms with Crippen molar-refractivity contribution in [2.75, 3.05) is 39.3 Å². The Morgan fingerprint density at radius 1 is 0.975 bits per heavy atom. The van der Waals surface area contributed by atoms with Gasteiger partial charge in [-0.05, 0) is 67.9 Å². The van der Waals surface area contributed by atoms with Gasteiger partial charge in [0.15, 0.2) is 0 Å². The summed E-state index contributed by atoms with van der Waals surface area (Å²) in [5.74, 6) is 0.560. The second-order valence-corrected chi connectivity index (χ2v) is 12.3. The molecule has 3 N–H and O–H groups in total. The fraction of sp³-hybridized carbons (Fsp3) is 0.576. The van der Waals surface area contributed by atoms with E-state index in [2.05, 4.69) is 52.9 Å². The summed E-state index contributed by atoms with van der Waals surface area (Å²) in [6.45, 7) is 10.1. The molecule has 2 amide bonds. The number of rotatable bonds is 10. The summed E-state index contributed by atoms with van der Waals surface area (Å²) < 4.78 is 0. The van der Waals surface area contributed by atoms with Gasteiger partial charge in [0.05, 0.1) is 0 Å². The zero-order valence-electron chi connectivity index (χ0n) is 24.3. The highest BCUT2D eigenvalue weighted by Gasteiger charge is 2.37. The minimum Gasteiger partial charge on any atom is -0.344 e. The van der Waals surface area contributed by atoms with E-state index in [-0.39, 0.29) is 17.9 Å². The first-order valence-corrected chi connectivity index (χ1v) is 15.4. The van der Waals surface area contributed by atoms with Gasteiger partial charge >= 0.3 is 0 Å². The van der Waals surface area contributed by atoms with Crippen LogP contribution >= 0.6 is 0 Å². The predicted molar refractivity (Wildman–Crippen MR) is 160 cm³/mol. The number of hydrogen-bond donors (Lipinski definition) is 3. The fourth-order valence-corrected chi connectivity index (χ4v) is 6.85. The third-order valence-corrected chi connectivity index (χ3v) is 8.82. The van der Waals surface area contributed by atoms with Crippen LogP contribution in [0.15, 0.2) is 54.6 Å². The Balaban J connectivity index is 1.27. The van der Waals surface area contributed by atoms with Crippen molar-refractivity contribution in [2.45, 2.75) is 76.5 Å². The van der Waals surface area contributed by atoms with Gasteiger partial charge < -0.3 is 20.9 Å². The molecule has 3 atom stereocenters. The lowest BCUT2D eigenvalue weighted by molar-refractivity contribution is -0.136. The molecule has 5 rings (SSSR count). The number of hydrogen-bond acceptors (Lipinski definition) is 5. The zero-order chi connectivity index (χ0) is 27.9. The number of benzene rings is 2. The van der Waals surface area contributed by atoms with Crippen LogP contribution in [-0.2, 0) is 22.4 Å². The molecule has 0 spiro atoms. The van der Waals surface area contributed by atoms with Crippen molar-refractivity contribution in [3.05, 3.63) is 71.3 Å². The van der Waals surface area contributed by atoms with Crippen LogP contribution in [0.5, 0.6) is 0 Å². The minimum atomic E-state index is -0.565. The standard InChI is InChI=1S/C33H47N5O2/c1-24(2)22-38(27-13-16-34-17-14-27)28-15-19-37(23-28)33(40)31(20-25-8-4-3-5-9-25)36-32(39)21-30-29-11-7-6-10-26(29)12-18-35-30/h3-11,24,27-28,30-31,34-35H,12-23H2,1-2H3,(H,36,39). The van der Waals surface area contributed by atoms with E-state index in [4.69, 9.17) is 0 Å². The molecule has 2 fully saturated rings. The van der Waals surface area contributed by atoms with Gasteiger partial charge in [0.1, 0.15) is 6.04 Å². The average molecular weight is 546 g/mol. The molecule has 0 bridgehead atoms. The first-order chi connectivity index (χ1) is 19.5. The van der Waals surface area contributed by atoms with E-state index < -0.39 is 6.04 Å². The molecular weight excluding hydrogens is 498 g/mol. The first-order valence-electron chi connectivity index (χ1n) is 15.4. The molecule has 3 aliphatic heterocycles. The van der Waals surface area contributed by atoms with Crippen molar-refractivity contribution < 1.29 is 9.59 Å². The predicted octanol–water partition coefficient (Wildman–Crippen LogP) is 3.30. The monoisotopic (exact) mass is 545 g/mol. The van der Waals surface area contributed by atoms with Crippen LogP contribution in [0, 0.1) is 5.92 Å². The molecule has 40 heavy (non-hydrogen) atoms. The van der Waals surface area contributed by atoms with E-state index in [0.29, 0.717) is 30.8 Å². The van der Waals surface area contributed by atoms with Crippen molar-refractivity contribution in [3.63, 3.8) is 0 Å². The number of fused-ring (bicyclic) bond motifs is 1. The lowest BCUT2D eigenvalue weighted by atomic mass is 9.92. The highest BCUT2D eigenvalue weighted by atomic mass is 16.2. The maximum atomic E-state index is 14.0. The van der Waals surface area contributed by atoms with Gasteiger partial charge in [-0.15, -0.1) is 0 Å². The Kier molecular flexibility index (Phi) is 9.89. The number of amides is 2. The zero-order valence-corrected chi connectivity index (χ0v) is 24.3. The van der Waals surface area contributed by atoms with Crippen LogP contribution in [0.25, 0.3) is 0 Å². The molecule has 2 aromatic carbocycles. The summed E-state index contributed by atoms with van der Waals surface area (Å²) >= 11 is 0. The van der Waals surface area contributed by atoms with E-state index in [1.54, 1.807) is 0 Å². The Morgan fingerprint density at radius 2 is 1.73 bits per heavy atom. The molecule has 3 unspecified atom stereocenters. The van der Waals surface area contributed by atoms with Gasteiger partial charge in [-0.1, -0.05) is 68.4 Å². The van der Waals surface area contributed by atoms with Crippen LogP contribution in [0.1, 0.15) is 62.3 Å². The van der Waals surface area contributed by atoms with Crippen LogP contribution in [0.3, 0.4) is 0 Å². The van der Waals surface area contributed by atoms with Gasteiger partial charge in [-0.2, -0.15) is 0 Å². The normalized spacial score (nSPS) is 22.4. The fourth-order valence-electron chi connectivity index (χ4n) is 6.85. The van der Waals surface area contributed by atoms with Gasteiger partial charge in [-0.25, -0.2) is 0 Å². The topological polar surface area (TPSA) is 76.7 Å². The summed E-state index contributed by atoms with van der Waals surface area (Å²) in [7, 11) is 0. The molecule has 7 nitrogen and oxygen atoms in total. The molecule has 2 aromatic rings. The Hall–Kier alpha value is -2.74. The molecule has 3 heterocycles. The molecule has 7 heteroatoms. The van der Waals surface area contributed by atoms with Gasteiger partial charge in [0, 0.05) is 50.6 Å². The van der Waals surface area contributed by atoms with E-state index in [1.165, 1.54) is 24.0 Å². The highest BCUT2D eigenvalue weighted by Crippen LogP contribution is 2.26. The molecule has 216 valence electrons. The van der Waals surface area contributed by atoms with Gasteiger partial charge in [0.25, 0.3) is 0 Å². The third-order valence-electron chi connectivity index (χ3n) is 8.82. The number of carbonyl (C=O) groups is 2. The summed E-state index contributed by atoms with van der Waals surface area (Å²) in [6.07, 6.45) is 5.15. The lowest BCUT2D eigenvalue weighted by Crippen LogP contribution is -2.52. The van der Waals surface area contributed by atoms with Gasteiger partial charge in [0.2, 0.25) is 11.8 Å². The van der Waals surface area contributed by atoms with E-state index in [9.17, 15) is 9.59 Å². The second-order valence-electron chi connectivity index (χ2n) is 12.3. The average Bonchev–Trinajstić information content (AvgIpc) is 3.46. The van der Waals surface area contributed by atoms with Crippen molar-refractivity contribution >= 4 is 11.8 Å². The van der Waals surface area contributed by atoms with Crippen LogP contribution in [0.4, 0.5) is 0 Å². The molecule has 0 saturated carbocycles. The number of carbonyl (C=O) groups excluding carboxylic acids is 2. The lowest BCUT2D eigenvalue weighted by Gasteiger charge is -2.40. The molecule has 0 aromatic heterocycles. The highest BCUT2D eigenvalue weighted by molar-refractivity contribution is 5.88. The maximum absolute atomic E-state index is 14.0.